The second-order valence-electron chi connectivity index (χ2n) is 6.12. The Morgan fingerprint density at radius 3 is 2.77 bits per heavy atom. The van der Waals surface area contributed by atoms with Crippen LogP contribution in [0.25, 0.3) is 0 Å². The molecule has 0 spiro atoms. The Hall–Kier alpha value is -2.12. The minimum Gasteiger partial charge on any atom is -0.333 e. The molecule has 2 aromatic rings. The minimum atomic E-state index is 0.240. The van der Waals surface area contributed by atoms with Crippen LogP contribution in [0, 0.1) is 17.2 Å². The third kappa shape index (κ3) is 3.96. The van der Waals surface area contributed by atoms with Crippen molar-refractivity contribution in [1.29, 1.82) is 5.26 Å². The van der Waals surface area contributed by atoms with Crippen LogP contribution in [0.1, 0.15) is 36.8 Å². The van der Waals surface area contributed by atoms with Crippen molar-refractivity contribution in [2.45, 2.75) is 44.8 Å². The molecule has 1 aromatic heterocycles. The van der Waals surface area contributed by atoms with E-state index >= 15 is 0 Å². The average molecular weight is 294 g/mol. The van der Waals surface area contributed by atoms with E-state index in [1.54, 1.807) is 6.20 Å². The molecule has 0 unspecified atom stereocenters. The van der Waals surface area contributed by atoms with Crippen LogP contribution in [0.2, 0.25) is 0 Å². The van der Waals surface area contributed by atoms with Crippen LogP contribution in [-0.4, -0.2) is 15.6 Å². The first-order chi connectivity index (χ1) is 10.8. The van der Waals surface area contributed by atoms with Crippen molar-refractivity contribution in [3.05, 3.63) is 54.1 Å². The number of rotatable bonds is 5. The molecule has 1 heterocycles. The first kappa shape index (κ1) is 14.8. The maximum atomic E-state index is 9.05. The Morgan fingerprint density at radius 2 is 2.05 bits per heavy atom. The number of imidazole rings is 1. The van der Waals surface area contributed by atoms with Crippen LogP contribution in [0.5, 0.6) is 0 Å². The molecule has 1 aliphatic carbocycles. The molecule has 1 N–H and O–H groups in total. The van der Waals surface area contributed by atoms with Gasteiger partial charge in [-0.15, -0.1) is 0 Å². The van der Waals surface area contributed by atoms with Gasteiger partial charge in [0.25, 0.3) is 0 Å². The largest absolute Gasteiger partial charge is 0.333 e. The van der Waals surface area contributed by atoms with E-state index in [2.05, 4.69) is 45.2 Å². The summed E-state index contributed by atoms with van der Waals surface area (Å²) in [6.45, 7) is 1.74. The summed E-state index contributed by atoms with van der Waals surface area (Å²) in [6.07, 6.45) is 10.0. The molecule has 1 aromatic carbocycles. The van der Waals surface area contributed by atoms with Gasteiger partial charge in [-0.2, -0.15) is 5.26 Å². The molecule has 22 heavy (non-hydrogen) atoms. The van der Waals surface area contributed by atoms with Crippen molar-refractivity contribution in [2.24, 2.45) is 5.92 Å². The van der Waals surface area contributed by atoms with E-state index in [0.717, 1.165) is 25.9 Å². The molecule has 0 aliphatic heterocycles. The number of nitrogens with zero attached hydrogens (tertiary/aromatic N) is 3. The fourth-order valence-electron chi connectivity index (χ4n) is 3.11. The number of hydrogen-bond donors (Lipinski definition) is 1. The Balaban J connectivity index is 1.50. The van der Waals surface area contributed by atoms with Gasteiger partial charge in [0.1, 0.15) is 0 Å². The van der Waals surface area contributed by atoms with E-state index in [1.807, 2.05) is 12.5 Å². The van der Waals surface area contributed by atoms with Gasteiger partial charge < -0.3 is 9.88 Å². The lowest BCUT2D eigenvalue weighted by Crippen LogP contribution is -2.33. The third-order valence-corrected chi connectivity index (χ3v) is 4.40. The van der Waals surface area contributed by atoms with E-state index in [4.69, 9.17) is 5.26 Å². The molecule has 4 nitrogen and oxygen atoms in total. The maximum Gasteiger partial charge on any atom is 0.0949 e. The van der Waals surface area contributed by atoms with Crippen LogP contribution in [0.4, 0.5) is 0 Å². The van der Waals surface area contributed by atoms with Crippen LogP contribution >= 0.6 is 0 Å². The molecule has 4 heteroatoms. The van der Waals surface area contributed by atoms with Crippen LogP contribution in [0.15, 0.2) is 43.0 Å². The summed E-state index contributed by atoms with van der Waals surface area (Å²) >= 11 is 0. The monoisotopic (exact) mass is 294 g/mol. The molecule has 0 amide bonds. The van der Waals surface area contributed by atoms with E-state index in [1.165, 1.54) is 24.0 Å². The SMILES string of the molecule is N#C[C@@H]1CCC[C@H](NCc2ccc(Cn3ccnc3)cc2)C1. The van der Waals surface area contributed by atoms with Gasteiger partial charge in [0.15, 0.2) is 0 Å². The van der Waals surface area contributed by atoms with E-state index in [9.17, 15) is 0 Å². The summed E-state index contributed by atoms with van der Waals surface area (Å²) in [4.78, 5) is 4.06. The second-order valence-corrected chi connectivity index (χ2v) is 6.12. The fourth-order valence-corrected chi connectivity index (χ4v) is 3.11. The lowest BCUT2D eigenvalue weighted by molar-refractivity contribution is 0.327. The highest BCUT2D eigenvalue weighted by molar-refractivity contribution is 5.22. The number of aromatic nitrogens is 2. The number of benzene rings is 1. The van der Waals surface area contributed by atoms with E-state index in [0.29, 0.717) is 6.04 Å². The Labute approximate surface area is 131 Å². The van der Waals surface area contributed by atoms with E-state index in [-0.39, 0.29) is 5.92 Å². The first-order valence-corrected chi connectivity index (χ1v) is 8.00. The van der Waals surface area contributed by atoms with Gasteiger partial charge in [0.05, 0.1) is 12.4 Å². The molecule has 2 atom stereocenters. The van der Waals surface area contributed by atoms with Crippen molar-refractivity contribution in [3.8, 4) is 6.07 Å². The number of hydrogen-bond acceptors (Lipinski definition) is 3. The Morgan fingerprint density at radius 1 is 1.23 bits per heavy atom. The second kappa shape index (κ2) is 7.24. The van der Waals surface area contributed by atoms with Gasteiger partial charge in [-0.3, -0.25) is 0 Å². The molecular formula is C18H22N4. The summed E-state index contributed by atoms with van der Waals surface area (Å²) < 4.78 is 2.07. The Kier molecular flexibility index (Phi) is 4.87. The van der Waals surface area contributed by atoms with Gasteiger partial charge in [0.2, 0.25) is 0 Å². The lowest BCUT2D eigenvalue weighted by atomic mass is 9.86. The van der Waals surface area contributed by atoms with Gasteiger partial charge in [-0.05, 0) is 30.4 Å². The minimum absolute atomic E-state index is 0.240. The summed E-state index contributed by atoms with van der Waals surface area (Å²) in [5, 5.41) is 12.6. The zero-order valence-electron chi connectivity index (χ0n) is 12.8. The van der Waals surface area contributed by atoms with Crippen molar-refractivity contribution in [3.63, 3.8) is 0 Å². The van der Waals surface area contributed by atoms with Gasteiger partial charge in [-0.25, -0.2) is 4.98 Å². The predicted molar refractivity (Wildman–Crippen MR) is 86.0 cm³/mol. The molecule has 3 rings (SSSR count). The zero-order chi connectivity index (χ0) is 15.2. The third-order valence-electron chi connectivity index (χ3n) is 4.40. The first-order valence-electron chi connectivity index (χ1n) is 8.00. The van der Waals surface area contributed by atoms with Gasteiger partial charge in [0, 0.05) is 37.4 Å². The summed E-state index contributed by atoms with van der Waals surface area (Å²) in [5.41, 5.74) is 2.58. The smallest absolute Gasteiger partial charge is 0.0949 e. The number of nitrogens with one attached hydrogen (secondary N) is 1. The Bertz CT molecular complexity index is 610. The topological polar surface area (TPSA) is 53.6 Å². The quantitative estimate of drug-likeness (QED) is 0.922. The van der Waals surface area contributed by atoms with Crippen LogP contribution in [-0.2, 0) is 13.1 Å². The normalized spacial score (nSPS) is 21.4. The van der Waals surface area contributed by atoms with Crippen molar-refractivity contribution in [2.75, 3.05) is 0 Å². The standard InChI is InChI=1S/C18H22N4/c19-11-17-2-1-3-18(10-17)21-12-15-4-6-16(7-5-15)13-22-9-8-20-14-22/h4-9,14,17-18,21H,1-3,10,12-13H2/t17-,18+/m1/s1. The molecule has 1 aliphatic rings. The van der Waals surface area contributed by atoms with E-state index < -0.39 is 0 Å². The van der Waals surface area contributed by atoms with Crippen molar-refractivity contribution in [1.82, 2.24) is 14.9 Å². The van der Waals surface area contributed by atoms with Gasteiger partial charge >= 0.3 is 0 Å². The summed E-state index contributed by atoms with van der Waals surface area (Å²) in [7, 11) is 0. The molecule has 1 saturated carbocycles. The lowest BCUT2D eigenvalue weighted by Gasteiger charge is -2.26. The van der Waals surface area contributed by atoms with Crippen LogP contribution < -0.4 is 5.32 Å². The van der Waals surface area contributed by atoms with Crippen LogP contribution in [0.3, 0.4) is 0 Å². The summed E-state index contributed by atoms with van der Waals surface area (Å²) in [6, 6.07) is 11.6. The molecule has 0 radical (unpaired) electrons. The van der Waals surface area contributed by atoms with Gasteiger partial charge in [-0.1, -0.05) is 30.7 Å². The highest BCUT2D eigenvalue weighted by atomic mass is 15.0. The average Bonchev–Trinajstić information content (AvgIpc) is 3.07. The molecule has 0 saturated heterocycles. The highest BCUT2D eigenvalue weighted by Crippen LogP contribution is 2.23. The number of nitriles is 1. The fraction of sp³-hybridized carbons (Fsp3) is 0.444. The zero-order valence-corrected chi connectivity index (χ0v) is 12.8. The molecule has 114 valence electrons. The summed E-state index contributed by atoms with van der Waals surface area (Å²) in [5.74, 6) is 0.240. The molecule has 0 bridgehead atoms. The highest BCUT2D eigenvalue weighted by Gasteiger charge is 2.20. The maximum absolute atomic E-state index is 9.05. The van der Waals surface area contributed by atoms with Crippen molar-refractivity contribution < 1.29 is 0 Å². The predicted octanol–water partition coefficient (Wildman–Crippen LogP) is 3.10. The molecule has 1 fully saturated rings. The van der Waals surface area contributed by atoms with Crippen molar-refractivity contribution >= 4 is 0 Å². The molecular weight excluding hydrogens is 272 g/mol.